The summed E-state index contributed by atoms with van der Waals surface area (Å²) in [5.74, 6) is -1.28. The van der Waals surface area contributed by atoms with Gasteiger partial charge in [0.05, 0.1) is 12.9 Å². The molecule has 142 valence electrons. The Morgan fingerprint density at radius 1 is 1.31 bits per heavy atom. The van der Waals surface area contributed by atoms with Gasteiger partial charge in [0.2, 0.25) is 10.0 Å². The highest BCUT2D eigenvalue weighted by Crippen LogP contribution is 2.44. The lowest BCUT2D eigenvalue weighted by Crippen LogP contribution is -2.43. The maximum atomic E-state index is 12.8. The number of sulfonamides is 1. The number of carbonyl (C=O) groups is 2. The molecule has 8 nitrogen and oxygen atoms in total. The second kappa shape index (κ2) is 6.55. The van der Waals surface area contributed by atoms with E-state index in [-0.39, 0.29) is 37.8 Å². The lowest BCUT2D eigenvalue weighted by Gasteiger charge is -2.25. The summed E-state index contributed by atoms with van der Waals surface area (Å²) < 4.78 is 30.7. The maximum absolute atomic E-state index is 12.8. The Morgan fingerprint density at radius 3 is 2.62 bits per heavy atom. The van der Waals surface area contributed by atoms with E-state index >= 15 is 0 Å². The number of benzene rings is 1. The fourth-order valence-corrected chi connectivity index (χ4v) is 5.01. The van der Waals surface area contributed by atoms with E-state index in [9.17, 15) is 23.1 Å². The molecule has 0 unspecified atom stereocenters. The first-order valence-corrected chi connectivity index (χ1v) is 9.99. The lowest BCUT2D eigenvalue weighted by atomic mass is 9.81. The Hall–Kier alpha value is -2.13. The molecule has 2 aliphatic heterocycles. The van der Waals surface area contributed by atoms with E-state index in [1.807, 2.05) is 0 Å². The van der Waals surface area contributed by atoms with Gasteiger partial charge in [0, 0.05) is 37.7 Å². The van der Waals surface area contributed by atoms with Crippen molar-refractivity contribution in [3.63, 3.8) is 0 Å². The van der Waals surface area contributed by atoms with Crippen molar-refractivity contribution in [1.82, 2.24) is 9.21 Å². The number of hydrogen-bond acceptors (Lipinski definition) is 5. The molecule has 9 heteroatoms. The second-order valence-corrected chi connectivity index (χ2v) is 9.03. The van der Waals surface area contributed by atoms with Gasteiger partial charge in [-0.25, -0.2) is 12.7 Å². The highest BCUT2D eigenvalue weighted by atomic mass is 32.2. The number of aliphatic carboxylic acids is 1. The van der Waals surface area contributed by atoms with Gasteiger partial charge >= 0.3 is 5.97 Å². The van der Waals surface area contributed by atoms with Crippen LogP contribution in [-0.4, -0.2) is 73.6 Å². The van der Waals surface area contributed by atoms with Crippen LogP contribution in [0.3, 0.4) is 0 Å². The molecule has 2 atom stereocenters. The first-order valence-electron chi connectivity index (χ1n) is 8.38. The number of hydrogen-bond donors (Lipinski definition) is 1. The third kappa shape index (κ3) is 2.95. The molecule has 1 N–H and O–H groups in total. The van der Waals surface area contributed by atoms with Crippen LogP contribution < -0.4 is 4.74 Å². The number of ether oxygens (including phenoxy) is 1. The van der Waals surface area contributed by atoms with Crippen LogP contribution in [0, 0.1) is 11.3 Å². The molecule has 0 radical (unpaired) electrons. The quantitative estimate of drug-likeness (QED) is 0.795. The average Bonchev–Trinajstić information content (AvgIpc) is 3.17. The van der Waals surface area contributed by atoms with Crippen molar-refractivity contribution < 1.29 is 27.9 Å². The summed E-state index contributed by atoms with van der Waals surface area (Å²) in [4.78, 5) is 26.3. The molecule has 0 bridgehead atoms. The molecule has 0 saturated carbocycles. The van der Waals surface area contributed by atoms with E-state index in [0.29, 0.717) is 11.3 Å². The van der Waals surface area contributed by atoms with Crippen molar-refractivity contribution in [3.8, 4) is 5.75 Å². The van der Waals surface area contributed by atoms with E-state index in [1.165, 1.54) is 23.2 Å². The number of amides is 1. The number of rotatable bonds is 5. The van der Waals surface area contributed by atoms with E-state index in [0.717, 1.165) is 0 Å². The van der Waals surface area contributed by atoms with Crippen molar-refractivity contribution >= 4 is 21.9 Å². The summed E-state index contributed by atoms with van der Waals surface area (Å²) >= 11 is 0. The molecule has 2 saturated heterocycles. The number of carboxylic acid groups (broad SMARTS) is 1. The third-order valence-corrected chi connectivity index (χ3v) is 7.16. The Kier molecular flexibility index (Phi) is 4.70. The first kappa shape index (κ1) is 18.7. The van der Waals surface area contributed by atoms with Gasteiger partial charge in [-0.2, -0.15) is 0 Å². The zero-order chi connectivity index (χ0) is 19.1. The largest absolute Gasteiger partial charge is 0.497 e. The van der Waals surface area contributed by atoms with E-state index in [1.54, 1.807) is 24.3 Å². The van der Waals surface area contributed by atoms with Gasteiger partial charge in [0.25, 0.3) is 5.91 Å². The minimum absolute atomic E-state index is 0.00121. The monoisotopic (exact) mass is 382 g/mol. The Morgan fingerprint density at radius 2 is 2.04 bits per heavy atom. The summed E-state index contributed by atoms with van der Waals surface area (Å²) in [6.45, 7) is 1.79. The number of nitrogens with zero attached hydrogens (tertiary/aromatic N) is 2. The molecule has 2 aliphatic rings. The smallest absolute Gasteiger partial charge is 0.313 e. The van der Waals surface area contributed by atoms with Crippen molar-refractivity contribution in [2.45, 2.75) is 6.92 Å². The summed E-state index contributed by atoms with van der Waals surface area (Å²) in [6, 6.07) is 6.69. The maximum Gasteiger partial charge on any atom is 0.313 e. The van der Waals surface area contributed by atoms with Gasteiger partial charge in [-0.05, 0) is 25.1 Å². The van der Waals surface area contributed by atoms with Crippen molar-refractivity contribution in [2.75, 3.05) is 39.0 Å². The molecule has 3 rings (SSSR count). The van der Waals surface area contributed by atoms with Gasteiger partial charge in [0.15, 0.2) is 0 Å². The Labute approximate surface area is 152 Å². The topological polar surface area (TPSA) is 104 Å². The van der Waals surface area contributed by atoms with Crippen LogP contribution in [0.4, 0.5) is 0 Å². The summed E-state index contributed by atoms with van der Waals surface area (Å²) in [5, 5.41) is 9.80. The molecule has 2 fully saturated rings. The molecule has 0 aliphatic carbocycles. The SMILES string of the molecule is CCS(=O)(=O)N1C[C@H]2CN(C(=O)c3cccc(OC)c3)C[C@@]2(C(=O)O)C1. The second-order valence-electron chi connectivity index (χ2n) is 6.77. The molecule has 1 aromatic rings. The lowest BCUT2D eigenvalue weighted by molar-refractivity contribution is -0.148. The van der Waals surface area contributed by atoms with Crippen LogP contribution in [0.15, 0.2) is 24.3 Å². The van der Waals surface area contributed by atoms with E-state index in [4.69, 9.17) is 4.74 Å². The summed E-state index contributed by atoms with van der Waals surface area (Å²) in [7, 11) is -1.95. The van der Waals surface area contributed by atoms with Gasteiger partial charge in [-0.3, -0.25) is 9.59 Å². The van der Waals surface area contributed by atoms with Crippen LogP contribution >= 0.6 is 0 Å². The van der Waals surface area contributed by atoms with Crippen LogP contribution in [0.2, 0.25) is 0 Å². The number of methoxy groups -OCH3 is 1. The predicted octanol–water partition coefficient (Wildman–Crippen LogP) is 0.504. The summed E-state index contributed by atoms with van der Waals surface area (Å²) in [6.07, 6.45) is 0. The molecule has 0 spiro atoms. The first-order chi connectivity index (χ1) is 12.2. The number of carbonyl (C=O) groups excluding carboxylic acids is 1. The van der Waals surface area contributed by atoms with Gasteiger partial charge in [-0.1, -0.05) is 6.07 Å². The number of fused-ring (bicyclic) bond motifs is 1. The van der Waals surface area contributed by atoms with Crippen LogP contribution in [0.5, 0.6) is 5.75 Å². The highest BCUT2D eigenvalue weighted by molar-refractivity contribution is 7.89. The fraction of sp³-hybridized carbons (Fsp3) is 0.529. The zero-order valence-corrected chi connectivity index (χ0v) is 15.5. The van der Waals surface area contributed by atoms with Crippen LogP contribution in [0.1, 0.15) is 17.3 Å². The minimum Gasteiger partial charge on any atom is -0.497 e. The third-order valence-electron chi connectivity index (χ3n) is 5.37. The fourth-order valence-electron chi connectivity index (χ4n) is 3.81. The van der Waals surface area contributed by atoms with E-state index in [2.05, 4.69) is 0 Å². The summed E-state index contributed by atoms with van der Waals surface area (Å²) in [5.41, 5.74) is -0.834. The molecule has 1 aromatic carbocycles. The van der Waals surface area contributed by atoms with Gasteiger partial charge in [0.1, 0.15) is 11.2 Å². The number of likely N-dealkylation sites (tertiary alicyclic amines) is 1. The Balaban J connectivity index is 1.84. The Bertz CT molecular complexity index is 839. The van der Waals surface area contributed by atoms with Crippen molar-refractivity contribution in [2.24, 2.45) is 11.3 Å². The molecule has 0 aromatic heterocycles. The standard InChI is InChI=1S/C17H22N2O6S/c1-3-26(23,24)19-9-13-8-18(10-17(13,11-19)16(21)22)15(20)12-5-4-6-14(7-12)25-2/h4-7,13H,3,8-11H2,1-2H3,(H,21,22)/t13-,17-/m1/s1. The predicted molar refractivity (Wildman–Crippen MR) is 93.5 cm³/mol. The molecule has 1 amide bonds. The van der Waals surface area contributed by atoms with Crippen LogP contribution in [0.25, 0.3) is 0 Å². The van der Waals surface area contributed by atoms with Crippen molar-refractivity contribution in [3.05, 3.63) is 29.8 Å². The molecular formula is C17H22N2O6S. The minimum atomic E-state index is -3.46. The van der Waals surface area contributed by atoms with Gasteiger partial charge < -0.3 is 14.7 Å². The normalized spacial score (nSPS) is 25.9. The van der Waals surface area contributed by atoms with E-state index < -0.39 is 27.3 Å². The molecule has 26 heavy (non-hydrogen) atoms. The zero-order valence-electron chi connectivity index (χ0n) is 14.7. The molecule has 2 heterocycles. The molecular weight excluding hydrogens is 360 g/mol. The average molecular weight is 382 g/mol. The van der Waals surface area contributed by atoms with Gasteiger partial charge in [-0.15, -0.1) is 0 Å². The van der Waals surface area contributed by atoms with Crippen LogP contribution in [-0.2, 0) is 14.8 Å². The van der Waals surface area contributed by atoms with Crippen molar-refractivity contribution in [1.29, 1.82) is 0 Å². The highest BCUT2D eigenvalue weighted by Gasteiger charge is 2.60. The number of carboxylic acids is 1.